The number of aromatic nitrogens is 1. The monoisotopic (exact) mass is 763 g/mol. The minimum atomic E-state index is -4.84. The fraction of sp³-hybridized carbons (Fsp3) is 0.439. The topological polar surface area (TPSA) is 95.9 Å². The number of benzene rings is 3. The molecule has 54 heavy (non-hydrogen) atoms. The number of aryl methyl sites for hydroxylation is 1. The van der Waals surface area contributed by atoms with E-state index in [1.807, 2.05) is 30.3 Å². The molecule has 0 saturated carbocycles. The maximum atomic E-state index is 13.6. The number of alkyl halides is 3. The fourth-order valence-electron chi connectivity index (χ4n) is 8.21. The SMILES string of the molecule is Cn1cc(-c2ccc(CN3CCC(CCC4CCN(c5ccc(NC6CCC(=O)NC6=O)cc5Cl)CC4)CC3)c(OC(F)(F)F)c2)c2ccccc2c1=O. The van der Waals surface area contributed by atoms with Crippen LogP contribution in [0.5, 0.6) is 5.75 Å². The molecule has 4 aromatic rings. The van der Waals surface area contributed by atoms with E-state index in [0.717, 1.165) is 76.1 Å². The van der Waals surface area contributed by atoms with E-state index in [1.165, 1.54) is 10.6 Å². The van der Waals surface area contributed by atoms with E-state index in [4.69, 9.17) is 11.6 Å². The lowest BCUT2D eigenvalue weighted by molar-refractivity contribution is -0.275. The summed E-state index contributed by atoms with van der Waals surface area (Å²) in [6.45, 7) is 3.83. The number of piperidine rings is 3. The molecule has 3 saturated heterocycles. The summed E-state index contributed by atoms with van der Waals surface area (Å²) in [6, 6.07) is 17.4. The number of amides is 2. The lowest BCUT2D eigenvalue weighted by Gasteiger charge is -2.36. The number of rotatable bonds is 10. The van der Waals surface area contributed by atoms with Crippen LogP contribution in [0.3, 0.4) is 0 Å². The second-order valence-corrected chi connectivity index (χ2v) is 15.3. The van der Waals surface area contributed by atoms with Crippen molar-refractivity contribution in [2.24, 2.45) is 18.9 Å². The van der Waals surface area contributed by atoms with Gasteiger partial charge < -0.3 is 19.5 Å². The summed E-state index contributed by atoms with van der Waals surface area (Å²) in [5, 5.41) is 7.37. The molecule has 3 aromatic carbocycles. The van der Waals surface area contributed by atoms with Crippen molar-refractivity contribution >= 4 is 45.6 Å². The molecule has 1 aromatic heterocycles. The molecule has 286 valence electrons. The molecule has 2 N–H and O–H groups in total. The smallest absolute Gasteiger partial charge is 0.405 e. The van der Waals surface area contributed by atoms with E-state index < -0.39 is 12.4 Å². The van der Waals surface area contributed by atoms with Crippen LogP contribution in [0, 0.1) is 11.8 Å². The zero-order chi connectivity index (χ0) is 38.0. The zero-order valence-corrected chi connectivity index (χ0v) is 31.0. The second-order valence-electron chi connectivity index (χ2n) is 14.9. The Bertz CT molecular complexity index is 2070. The first-order valence-corrected chi connectivity index (χ1v) is 19.1. The van der Waals surface area contributed by atoms with Crippen LogP contribution < -0.4 is 25.8 Å². The van der Waals surface area contributed by atoms with Crippen molar-refractivity contribution in [1.29, 1.82) is 0 Å². The highest BCUT2D eigenvalue weighted by Gasteiger charge is 2.33. The molecular weight excluding hydrogens is 719 g/mol. The molecule has 2 amide bonds. The van der Waals surface area contributed by atoms with Gasteiger partial charge in [0.15, 0.2) is 0 Å². The summed E-state index contributed by atoms with van der Waals surface area (Å²) in [7, 11) is 1.64. The third-order valence-corrected chi connectivity index (χ3v) is 11.6. The lowest BCUT2D eigenvalue weighted by atomic mass is 9.85. The fourth-order valence-corrected chi connectivity index (χ4v) is 8.51. The molecule has 4 heterocycles. The largest absolute Gasteiger partial charge is 0.573 e. The van der Waals surface area contributed by atoms with Gasteiger partial charge in [0.2, 0.25) is 11.8 Å². The molecule has 3 aliphatic heterocycles. The Kier molecular flexibility index (Phi) is 11.2. The molecule has 0 spiro atoms. The maximum Gasteiger partial charge on any atom is 0.573 e. The van der Waals surface area contributed by atoms with Crippen LogP contribution in [0.25, 0.3) is 21.9 Å². The molecule has 0 radical (unpaired) electrons. The molecule has 9 nitrogen and oxygen atoms in total. The summed E-state index contributed by atoms with van der Waals surface area (Å²) < 4.78 is 46.9. The van der Waals surface area contributed by atoms with Gasteiger partial charge in [-0.2, -0.15) is 0 Å². The molecular formula is C41H45ClF3N5O4. The average Bonchev–Trinajstić information content (AvgIpc) is 3.14. The average molecular weight is 764 g/mol. The van der Waals surface area contributed by atoms with Crippen molar-refractivity contribution in [2.45, 2.75) is 70.3 Å². The van der Waals surface area contributed by atoms with E-state index in [2.05, 4.69) is 25.2 Å². The Morgan fingerprint density at radius 1 is 0.870 bits per heavy atom. The number of carbonyl (C=O) groups excluding carboxylic acids is 2. The van der Waals surface area contributed by atoms with Crippen molar-refractivity contribution < 1.29 is 27.5 Å². The molecule has 1 atom stereocenters. The molecule has 0 bridgehead atoms. The summed E-state index contributed by atoms with van der Waals surface area (Å²) in [5.41, 5.74) is 3.26. The van der Waals surface area contributed by atoms with Gasteiger partial charge in [0, 0.05) is 61.5 Å². The highest BCUT2D eigenvalue weighted by atomic mass is 35.5. The van der Waals surface area contributed by atoms with Crippen LogP contribution in [-0.2, 0) is 23.2 Å². The van der Waals surface area contributed by atoms with Crippen molar-refractivity contribution in [3.63, 3.8) is 0 Å². The van der Waals surface area contributed by atoms with E-state index in [0.29, 0.717) is 63.7 Å². The quantitative estimate of drug-likeness (QED) is 0.159. The van der Waals surface area contributed by atoms with Gasteiger partial charge in [-0.25, -0.2) is 0 Å². The third kappa shape index (κ3) is 8.87. The number of pyridine rings is 1. The van der Waals surface area contributed by atoms with Crippen LogP contribution in [0.1, 0.15) is 56.9 Å². The molecule has 3 fully saturated rings. The van der Waals surface area contributed by atoms with Gasteiger partial charge in [-0.3, -0.25) is 24.6 Å². The van der Waals surface area contributed by atoms with E-state index in [9.17, 15) is 27.6 Å². The van der Waals surface area contributed by atoms with E-state index in [-0.39, 0.29) is 23.1 Å². The number of hydrogen-bond donors (Lipinski definition) is 2. The third-order valence-electron chi connectivity index (χ3n) is 11.3. The second kappa shape index (κ2) is 16.0. The number of fused-ring (bicyclic) bond motifs is 1. The standard InChI is InChI=1S/C41H45ClF3N5O4/c1-48-25-33(31-4-2-3-5-32(31)40(48)53)28-8-9-29(37(22-28)54-41(43,44)45)24-49-18-14-26(15-19-49)6-7-27-16-20-50(21-17-27)36-12-10-30(23-34(36)42)46-35-11-13-38(51)47-39(35)52/h2-5,8-10,12,22-23,25-27,35,46H,6-7,11,13-21,24H2,1H3,(H,47,51,52). The van der Waals surface area contributed by atoms with Crippen LogP contribution in [0.2, 0.25) is 5.02 Å². The molecule has 7 rings (SSSR count). The molecule has 13 heteroatoms. The van der Waals surface area contributed by atoms with Gasteiger partial charge in [0.05, 0.1) is 10.7 Å². The lowest BCUT2D eigenvalue weighted by Crippen LogP contribution is -2.47. The number of likely N-dealkylation sites (tertiary alicyclic amines) is 1. The van der Waals surface area contributed by atoms with Crippen molar-refractivity contribution in [1.82, 2.24) is 14.8 Å². The number of ether oxygens (including phenoxy) is 1. The number of nitrogens with zero attached hydrogens (tertiary/aromatic N) is 3. The summed E-state index contributed by atoms with van der Waals surface area (Å²) in [5.74, 6) is 0.446. The first kappa shape index (κ1) is 37.8. The van der Waals surface area contributed by atoms with Crippen molar-refractivity contribution in [3.8, 4) is 16.9 Å². The maximum absolute atomic E-state index is 13.6. The van der Waals surface area contributed by atoms with Crippen LogP contribution in [0.15, 0.2) is 71.7 Å². The molecule has 3 aliphatic rings. The summed E-state index contributed by atoms with van der Waals surface area (Å²) >= 11 is 6.69. The normalized spacial score (nSPS) is 19.3. The Labute approximate surface area is 317 Å². The Morgan fingerprint density at radius 2 is 1.56 bits per heavy atom. The summed E-state index contributed by atoms with van der Waals surface area (Å²) in [6.07, 6.45) is 4.06. The highest BCUT2D eigenvalue weighted by molar-refractivity contribution is 6.33. The van der Waals surface area contributed by atoms with E-state index in [1.54, 1.807) is 37.5 Å². The van der Waals surface area contributed by atoms with Gasteiger partial charge in [0.25, 0.3) is 5.56 Å². The number of nitrogens with one attached hydrogen (secondary N) is 2. The molecule has 1 unspecified atom stereocenters. The van der Waals surface area contributed by atoms with E-state index >= 15 is 0 Å². The number of anilines is 2. The van der Waals surface area contributed by atoms with Gasteiger partial charge >= 0.3 is 6.36 Å². The Morgan fingerprint density at radius 3 is 2.22 bits per heavy atom. The number of halogens is 4. The predicted octanol–water partition coefficient (Wildman–Crippen LogP) is 7.88. The Balaban J connectivity index is 0.898. The number of hydrogen-bond acceptors (Lipinski definition) is 7. The molecule has 0 aliphatic carbocycles. The number of imide groups is 1. The first-order chi connectivity index (χ1) is 25.9. The van der Waals surface area contributed by atoms with Gasteiger partial charge in [-0.05, 0) is 98.3 Å². The Hall–Kier alpha value is -4.55. The number of carbonyl (C=O) groups is 2. The van der Waals surface area contributed by atoms with Gasteiger partial charge in [0.1, 0.15) is 11.8 Å². The highest BCUT2D eigenvalue weighted by Crippen LogP contribution is 2.37. The van der Waals surface area contributed by atoms with Crippen LogP contribution in [0.4, 0.5) is 24.5 Å². The van der Waals surface area contributed by atoms with Crippen molar-refractivity contribution in [3.05, 3.63) is 87.8 Å². The van der Waals surface area contributed by atoms with Crippen molar-refractivity contribution in [2.75, 3.05) is 36.4 Å². The first-order valence-electron chi connectivity index (χ1n) is 18.7. The van der Waals surface area contributed by atoms with Crippen LogP contribution in [-0.4, -0.2) is 59.9 Å². The minimum Gasteiger partial charge on any atom is -0.405 e. The van der Waals surface area contributed by atoms with Gasteiger partial charge in [-0.15, -0.1) is 13.2 Å². The van der Waals surface area contributed by atoms with Crippen LogP contribution >= 0.6 is 11.6 Å². The minimum absolute atomic E-state index is 0.167. The predicted molar refractivity (Wildman–Crippen MR) is 205 cm³/mol. The van der Waals surface area contributed by atoms with Gasteiger partial charge in [-0.1, -0.05) is 54.8 Å². The zero-order valence-electron chi connectivity index (χ0n) is 30.3. The summed E-state index contributed by atoms with van der Waals surface area (Å²) in [4.78, 5) is 40.8.